The van der Waals surface area contributed by atoms with Gasteiger partial charge >= 0.3 is 5.97 Å². The summed E-state index contributed by atoms with van der Waals surface area (Å²) in [7, 11) is 0. The summed E-state index contributed by atoms with van der Waals surface area (Å²) in [6.45, 7) is 7.51. The molecule has 5 nitrogen and oxygen atoms in total. The average Bonchev–Trinajstić information content (AvgIpc) is 2.55. The highest BCUT2D eigenvalue weighted by Crippen LogP contribution is 2.20. The third kappa shape index (κ3) is 4.83. The van der Waals surface area contributed by atoms with Crippen LogP contribution in [0.15, 0.2) is 42.5 Å². The number of rotatable bonds is 6. The van der Waals surface area contributed by atoms with Crippen LogP contribution in [0.25, 0.3) is 0 Å². The van der Waals surface area contributed by atoms with E-state index < -0.39 is 12.1 Å². The molecule has 1 atom stereocenters. The first-order chi connectivity index (χ1) is 11.8. The molecule has 0 radical (unpaired) electrons. The van der Waals surface area contributed by atoms with Crippen LogP contribution in [-0.2, 0) is 4.79 Å². The Labute approximate surface area is 147 Å². The maximum atomic E-state index is 12.4. The van der Waals surface area contributed by atoms with Crippen molar-refractivity contribution in [2.45, 2.75) is 33.8 Å². The number of carbonyl (C=O) groups is 2. The van der Waals surface area contributed by atoms with E-state index in [1.165, 1.54) is 0 Å². The minimum absolute atomic E-state index is 0.162. The first-order valence-corrected chi connectivity index (χ1v) is 8.16. The molecule has 0 aliphatic rings. The lowest BCUT2D eigenvalue weighted by atomic mass is 10.1. The Morgan fingerprint density at radius 2 is 1.68 bits per heavy atom. The van der Waals surface area contributed by atoms with E-state index in [9.17, 15) is 9.59 Å². The van der Waals surface area contributed by atoms with Crippen molar-refractivity contribution in [3.63, 3.8) is 0 Å². The van der Waals surface area contributed by atoms with E-state index in [-0.39, 0.29) is 11.8 Å². The molecule has 0 heterocycles. The number of aryl methyl sites for hydroxylation is 2. The molecule has 0 aliphatic heterocycles. The molecule has 0 saturated heterocycles. The number of amides is 1. The molecule has 0 aromatic heterocycles. The van der Waals surface area contributed by atoms with Crippen molar-refractivity contribution in [2.24, 2.45) is 5.92 Å². The number of carboxylic acids is 1. The van der Waals surface area contributed by atoms with Gasteiger partial charge in [-0.3, -0.25) is 4.79 Å². The third-order valence-corrected chi connectivity index (χ3v) is 3.86. The topological polar surface area (TPSA) is 75.6 Å². The van der Waals surface area contributed by atoms with E-state index in [0.29, 0.717) is 11.3 Å². The number of hydrogen-bond acceptors (Lipinski definition) is 3. The standard InChI is InChI=1S/C20H23NO4/c1-12(2)18(20(23)24)25-16-8-6-15(7-9-16)19(22)21-17-10-5-13(3)11-14(17)4/h5-12,18H,1-4H3,(H,21,22)(H,23,24). The van der Waals surface area contributed by atoms with Gasteiger partial charge in [0.1, 0.15) is 5.75 Å². The van der Waals surface area contributed by atoms with E-state index in [0.717, 1.165) is 16.8 Å². The minimum Gasteiger partial charge on any atom is -0.478 e. The van der Waals surface area contributed by atoms with Gasteiger partial charge in [-0.2, -0.15) is 0 Å². The highest BCUT2D eigenvalue weighted by Gasteiger charge is 2.23. The highest BCUT2D eigenvalue weighted by molar-refractivity contribution is 6.04. The van der Waals surface area contributed by atoms with Crippen LogP contribution in [-0.4, -0.2) is 23.1 Å². The molecule has 0 spiro atoms. The molecule has 5 heteroatoms. The maximum Gasteiger partial charge on any atom is 0.345 e. The summed E-state index contributed by atoms with van der Waals surface area (Å²) in [5.74, 6) is -0.974. The van der Waals surface area contributed by atoms with E-state index in [2.05, 4.69) is 5.32 Å². The van der Waals surface area contributed by atoms with Gasteiger partial charge in [-0.25, -0.2) is 4.79 Å². The predicted molar refractivity (Wildman–Crippen MR) is 97.2 cm³/mol. The van der Waals surface area contributed by atoms with Gasteiger partial charge in [-0.15, -0.1) is 0 Å². The Bertz CT molecular complexity index is 766. The van der Waals surface area contributed by atoms with Gasteiger partial charge in [-0.1, -0.05) is 31.5 Å². The smallest absolute Gasteiger partial charge is 0.345 e. The lowest BCUT2D eigenvalue weighted by Crippen LogP contribution is -2.32. The summed E-state index contributed by atoms with van der Waals surface area (Å²) in [6.07, 6.45) is -0.921. The van der Waals surface area contributed by atoms with Crippen LogP contribution >= 0.6 is 0 Å². The van der Waals surface area contributed by atoms with Crippen molar-refractivity contribution in [2.75, 3.05) is 5.32 Å². The summed E-state index contributed by atoms with van der Waals surface area (Å²) in [5, 5.41) is 12.0. The second-order valence-corrected chi connectivity index (χ2v) is 6.42. The normalized spacial score (nSPS) is 11.9. The quantitative estimate of drug-likeness (QED) is 0.831. The second kappa shape index (κ2) is 7.83. The highest BCUT2D eigenvalue weighted by atomic mass is 16.5. The first kappa shape index (κ1) is 18.5. The van der Waals surface area contributed by atoms with Gasteiger partial charge in [-0.05, 0) is 49.7 Å². The molecular weight excluding hydrogens is 318 g/mol. The molecule has 2 rings (SSSR count). The van der Waals surface area contributed by atoms with Gasteiger partial charge in [0, 0.05) is 17.2 Å². The molecule has 1 amide bonds. The Balaban J connectivity index is 2.08. The second-order valence-electron chi connectivity index (χ2n) is 6.42. The van der Waals surface area contributed by atoms with Crippen molar-refractivity contribution in [3.8, 4) is 5.75 Å². The fourth-order valence-corrected chi connectivity index (χ4v) is 2.45. The Hall–Kier alpha value is -2.82. The number of aliphatic carboxylic acids is 1. The molecule has 2 N–H and O–H groups in total. The predicted octanol–water partition coefficient (Wildman–Crippen LogP) is 4.04. The fourth-order valence-electron chi connectivity index (χ4n) is 2.45. The molecule has 132 valence electrons. The maximum absolute atomic E-state index is 12.4. The van der Waals surface area contributed by atoms with Crippen LogP contribution < -0.4 is 10.1 Å². The molecule has 0 fully saturated rings. The molecule has 0 aliphatic carbocycles. The Morgan fingerprint density at radius 3 is 2.20 bits per heavy atom. The number of ether oxygens (including phenoxy) is 1. The molecule has 0 bridgehead atoms. The monoisotopic (exact) mass is 341 g/mol. The van der Waals surface area contributed by atoms with Crippen LogP contribution in [0.2, 0.25) is 0 Å². The minimum atomic E-state index is -1.01. The van der Waals surface area contributed by atoms with E-state index in [1.807, 2.05) is 32.0 Å². The molecular formula is C20H23NO4. The van der Waals surface area contributed by atoms with E-state index >= 15 is 0 Å². The van der Waals surface area contributed by atoms with Crippen LogP contribution in [0, 0.1) is 19.8 Å². The van der Waals surface area contributed by atoms with Gasteiger partial charge in [0.2, 0.25) is 0 Å². The molecule has 2 aromatic carbocycles. The summed E-state index contributed by atoms with van der Waals surface area (Å²) >= 11 is 0. The number of hydrogen-bond donors (Lipinski definition) is 2. The SMILES string of the molecule is Cc1ccc(NC(=O)c2ccc(OC(C(=O)O)C(C)C)cc2)c(C)c1. The summed E-state index contributed by atoms with van der Waals surface area (Å²) < 4.78 is 5.49. The zero-order valence-corrected chi connectivity index (χ0v) is 14.9. The average molecular weight is 341 g/mol. The summed E-state index contributed by atoms with van der Waals surface area (Å²) in [5.41, 5.74) is 3.37. The van der Waals surface area contributed by atoms with Crippen LogP contribution in [0.4, 0.5) is 5.69 Å². The van der Waals surface area contributed by atoms with Crippen molar-refractivity contribution in [1.29, 1.82) is 0 Å². The largest absolute Gasteiger partial charge is 0.478 e. The van der Waals surface area contributed by atoms with E-state index in [1.54, 1.807) is 38.1 Å². The van der Waals surface area contributed by atoms with Crippen molar-refractivity contribution in [3.05, 3.63) is 59.2 Å². The lowest BCUT2D eigenvalue weighted by molar-refractivity contribution is -0.147. The fraction of sp³-hybridized carbons (Fsp3) is 0.300. The zero-order chi connectivity index (χ0) is 18.6. The molecule has 2 aromatic rings. The van der Waals surface area contributed by atoms with Gasteiger partial charge in [0.25, 0.3) is 5.91 Å². The zero-order valence-electron chi connectivity index (χ0n) is 14.9. The van der Waals surface area contributed by atoms with Crippen molar-refractivity contribution < 1.29 is 19.4 Å². The molecule has 0 saturated carbocycles. The van der Waals surface area contributed by atoms with Crippen LogP contribution in [0.5, 0.6) is 5.75 Å². The molecule has 25 heavy (non-hydrogen) atoms. The lowest BCUT2D eigenvalue weighted by Gasteiger charge is -2.18. The number of nitrogens with one attached hydrogen (secondary N) is 1. The third-order valence-electron chi connectivity index (χ3n) is 3.86. The Morgan fingerprint density at radius 1 is 1.04 bits per heavy atom. The summed E-state index contributed by atoms with van der Waals surface area (Å²) in [6, 6.07) is 12.3. The summed E-state index contributed by atoms with van der Waals surface area (Å²) in [4.78, 5) is 23.5. The van der Waals surface area contributed by atoms with Crippen molar-refractivity contribution >= 4 is 17.6 Å². The van der Waals surface area contributed by atoms with Crippen LogP contribution in [0.3, 0.4) is 0 Å². The number of benzene rings is 2. The number of carbonyl (C=O) groups excluding carboxylic acids is 1. The van der Waals surface area contributed by atoms with Crippen molar-refractivity contribution in [1.82, 2.24) is 0 Å². The molecule has 1 unspecified atom stereocenters. The van der Waals surface area contributed by atoms with Gasteiger partial charge in [0.15, 0.2) is 6.10 Å². The number of carboxylic acid groups (broad SMARTS) is 1. The Kier molecular flexibility index (Phi) is 5.80. The first-order valence-electron chi connectivity index (χ1n) is 8.16. The van der Waals surface area contributed by atoms with Gasteiger partial charge < -0.3 is 15.2 Å². The van der Waals surface area contributed by atoms with E-state index in [4.69, 9.17) is 9.84 Å². The van der Waals surface area contributed by atoms with Gasteiger partial charge in [0.05, 0.1) is 0 Å². The number of anilines is 1. The van der Waals surface area contributed by atoms with Crippen LogP contribution in [0.1, 0.15) is 35.3 Å².